The van der Waals surface area contributed by atoms with E-state index in [-0.39, 0.29) is 12.5 Å². The number of benzene rings is 2. The molecule has 1 amide bonds. The maximum Gasteiger partial charge on any atom is 0.348 e. The fourth-order valence-electron chi connectivity index (χ4n) is 3.51. The minimum Gasteiger partial charge on any atom is -0.475 e. The highest BCUT2D eigenvalue weighted by atomic mass is 16.6. The average Bonchev–Trinajstić information content (AvgIpc) is 2.77. The van der Waals surface area contributed by atoms with Gasteiger partial charge in [0.15, 0.2) is 0 Å². The summed E-state index contributed by atoms with van der Waals surface area (Å²) in [6.45, 7) is 3.81. The van der Waals surface area contributed by atoms with Crippen LogP contribution in [0.1, 0.15) is 21.7 Å². The average molecular weight is 418 g/mol. The molecule has 1 aliphatic heterocycles. The predicted molar refractivity (Wildman–Crippen MR) is 116 cm³/mol. The lowest BCUT2D eigenvalue weighted by atomic mass is 10.1. The van der Waals surface area contributed by atoms with E-state index in [0.717, 1.165) is 11.4 Å². The number of nitrogens with one attached hydrogen (secondary N) is 1. The van der Waals surface area contributed by atoms with Gasteiger partial charge in [-0.2, -0.15) is 0 Å². The minimum atomic E-state index is -0.910. The molecule has 0 aliphatic carbocycles. The van der Waals surface area contributed by atoms with Crippen molar-refractivity contribution in [2.45, 2.75) is 20.0 Å². The van der Waals surface area contributed by atoms with Crippen molar-refractivity contribution in [2.75, 3.05) is 23.9 Å². The maximum absolute atomic E-state index is 13.6. The Labute approximate surface area is 179 Å². The highest BCUT2D eigenvalue weighted by molar-refractivity contribution is 6.11. The van der Waals surface area contributed by atoms with Crippen molar-refractivity contribution in [3.63, 3.8) is 0 Å². The number of rotatable bonds is 4. The molecule has 0 bridgehead atoms. The highest BCUT2D eigenvalue weighted by Gasteiger charge is 2.35. The largest absolute Gasteiger partial charge is 0.475 e. The molecular formula is C23H22N4O4. The maximum atomic E-state index is 13.6. The van der Waals surface area contributed by atoms with E-state index < -0.39 is 12.1 Å². The molecule has 1 atom stereocenters. The second kappa shape index (κ2) is 8.43. The summed E-state index contributed by atoms with van der Waals surface area (Å²) in [5, 5.41) is 3.15. The van der Waals surface area contributed by atoms with Crippen LogP contribution in [0.4, 0.5) is 17.3 Å². The van der Waals surface area contributed by atoms with Gasteiger partial charge >= 0.3 is 5.97 Å². The molecule has 8 nitrogen and oxygen atoms in total. The first-order chi connectivity index (χ1) is 15.0. The molecule has 158 valence electrons. The summed E-state index contributed by atoms with van der Waals surface area (Å²) in [5.74, 6) is 0.0348. The molecule has 0 fully saturated rings. The van der Waals surface area contributed by atoms with Crippen molar-refractivity contribution >= 4 is 29.2 Å². The van der Waals surface area contributed by atoms with E-state index in [9.17, 15) is 9.59 Å². The number of hydrogen-bond acceptors (Lipinski definition) is 7. The van der Waals surface area contributed by atoms with Gasteiger partial charge in [-0.05, 0) is 44.2 Å². The summed E-state index contributed by atoms with van der Waals surface area (Å²) >= 11 is 0. The minimum absolute atomic E-state index is 0.0386. The van der Waals surface area contributed by atoms with E-state index in [2.05, 4.69) is 15.3 Å². The van der Waals surface area contributed by atoms with E-state index in [4.69, 9.17) is 9.47 Å². The van der Waals surface area contributed by atoms with Crippen molar-refractivity contribution in [3.8, 4) is 5.75 Å². The zero-order valence-electron chi connectivity index (χ0n) is 17.5. The van der Waals surface area contributed by atoms with Crippen molar-refractivity contribution in [1.29, 1.82) is 0 Å². The van der Waals surface area contributed by atoms with E-state index in [1.807, 2.05) is 32.0 Å². The van der Waals surface area contributed by atoms with Crippen molar-refractivity contribution in [3.05, 3.63) is 71.5 Å². The lowest BCUT2D eigenvalue weighted by molar-refractivity contribution is -0.148. The molecule has 0 unspecified atom stereocenters. The van der Waals surface area contributed by atoms with Crippen LogP contribution in [0.2, 0.25) is 0 Å². The lowest BCUT2D eigenvalue weighted by Gasteiger charge is -2.33. The summed E-state index contributed by atoms with van der Waals surface area (Å²) in [4.78, 5) is 36.1. The van der Waals surface area contributed by atoms with Crippen LogP contribution in [-0.2, 0) is 9.53 Å². The Balaban J connectivity index is 1.70. The lowest BCUT2D eigenvalue weighted by Crippen LogP contribution is -2.47. The van der Waals surface area contributed by atoms with E-state index in [1.54, 1.807) is 36.4 Å². The van der Waals surface area contributed by atoms with Crippen LogP contribution < -0.4 is 15.0 Å². The number of aryl methyl sites for hydroxylation is 2. The smallest absolute Gasteiger partial charge is 0.348 e. The molecule has 31 heavy (non-hydrogen) atoms. The van der Waals surface area contributed by atoms with Crippen molar-refractivity contribution in [1.82, 2.24) is 9.97 Å². The molecule has 8 heteroatoms. The number of nitrogens with zero attached hydrogens (tertiary/aromatic N) is 3. The SMILES string of the molecule is COC(=O)[C@H]1CN(C(=O)c2ccccc2Nc2nc(C)cc(C)n2)c2ccccc2O1. The number of amides is 1. The van der Waals surface area contributed by atoms with Crippen molar-refractivity contribution < 1.29 is 19.1 Å². The summed E-state index contributed by atoms with van der Waals surface area (Å²) < 4.78 is 10.6. The van der Waals surface area contributed by atoms with Gasteiger partial charge in [0.2, 0.25) is 12.1 Å². The third-order valence-electron chi connectivity index (χ3n) is 4.87. The number of hydrogen-bond donors (Lipinski definition) is 1. The van der Waals surface area contributed by atoms with Gasteiger partial charge in [0.25, 0.3) is 5.91 Å². The molecule has 1 aliphatic rings. The monoisotopic (exact) mass is 418 g/mol. The Bertz CT molecular complexity index is 1130. The summed E-state index contributed by atoms with van der Waals surface area (Å²) in [6, 6.07) is 16.1. The topological polar surface area (TPSA) is 93.7 Å². The second-order valence-electron chi connectivity index (χ2n) is 7.16. The number of carbonyl (C=O) groups is 2. The molecule has 2 aromatic carbocycles. The Morgan fingerprint density at radius 2 is 1.74 bits per heavy atom. The third kappa shape index (κ3) is 4.18. The van der Waals surface area contributed by atoms with Crippen LogP contribution in [0.3, 0.4) is 0 Å². The van der Waals surface area contributed by atoms with Gasteiger partial charge in [-0.1, -0.05) is 24.3 Å². The normalized spacial score (nSPS) is 14.9. The van der Waals surface area contributed by atoms with Crippen LogP contribution >= 0.6 is 0 Å². The molecule has 2 heterocycles. The molecule has 0 saturated carbocycles. The summed E-state index contributed by atoms with van der Waals surface area (Å²) in [6.07, 6.45) is -0.910. The summed E-state index contributed by atoms with van der Waals surface area (Å²) in [7, 11) is 1.29. The number of methoxy groups -OCH3 is 1. The number of anilines is 3. The van der Waals surface area contributed by atoms with Gasteiger partial charge in [-0.3, -0.25) is 4.79 Å². The number of fused-ring (bicyclic) bond motifs is 1. The first-order valence-electron chi connectivity index (χ1n) is 9.80. The first kappa shape index (κ1) is 20.3. The number of carbonyl (C=O) groups excluding carboxylic acids is 2. The van der Waals surface area contributed by atoms with Crippen LogP contribution in [0.5, 0.6) is 5.75 Å². The standard InChI is InChI=1S/C23H22N4O4/c1-14-12-15(2)25-23(24-14)26-17-9-5-4-8-16(17)21(28)27-13-20(22(29)30-3)31-19-11-7-6-10-18(19)27/h4-12,20H,13H2,1-3H3,(H,24,25,26)/t20-/m1/s1. The van der Waals surface area contributed by atoms with Gasteiger partial charge < -0.3 is 19.7 Å². The fraction of sp³-hybridized carbons (Fsp3) is 0.217. The number of esters is 1. The van der Waals surface area contributed by atoms with Gasteiger partial charge in [-0.15, -0.1) is 0 Å². The second-order valence-corrected chi connectivity index (χ2v) is 7.16. The molecule has 1 aromatic heterocycles. The highest BCUT2D eigenvalue weighted by Crippen LogP contribution is 2.35. The first-order valence-corrected chi connectivity index (χ1v) is 9.80. The number of ether oxygens (including phenoxy) is 2. The summed E-state index contributed by atoms with van der Waals surface area (Å²) in [5.41, 5.74) is 3.22. The van der Waals surface area contributed by atoms with Gasteiger partial charge in [0, 0.05) is 11.4 Å². The quantitative estimate of drug-likeness (QED) is 0.649. The molecule has 4 rings (SSSR count). The molecular weight excluding hydrogens is 396 g/mol. The van der Waals surface area contributed by atoms with Gasteiger partial charge in [0.05, 0.1) is 30.6 Å². The molecule has 1 N–H and O–H groups in total. The third-order valence-corrected chi connectivity index (χ3v) is 4.87. The predicted octanol–water partition coefficient (Wildman–Crippen LogP) is 3.42. The Morgan fingerprint density at radius 3 is 2.48 bits per heavy atom. The van der Waals surface area contributed by atoms with Gasteiger partial charge in [-0.25, -0.2) is 14.8 Å². The molecule has 0 radical (unpaired) electrons. The number of aromatic nitrogens is 2. The molecule has 0 saturated heterocycles. The fourth-order valence-corrected chi connectivity index (χ4v) is 3.51. The zero-order chi connectivity index (χ0) is 22.0. The molecule has 3 aromatic rings. The Hall–Kier alpha value is -3.94. The zero-order valence-corrected chi connectivity index (χ0v) is 17.5. The van der Waals surface area contributed by atoms with Crippen LogP contribution in [0.25, 0.3) is 0 Å². The van der Waals surface area contributed by atoms with E-state index in [1.165, 1.54) is 12.0 Å². The number of para-hydroxylation sites is 3. The van der Waals surface area contributed by atoms with Crippen LogP contribution in [0, 0.1) is 13.8 Å². The van der Waals surface area contributed by atoms with Gasteiger partial charge in [0.1, 0.15) is 5.75 Å². The molecule has 0 spiro atoms. The van der Waals surface area contributed by atoms with E-state index in [0.29, 0.717) is 28.6 Å². The van der Waals surface area contributed by atoms with E-state index >= 15 is 0 Å². The Morgan fingerprint density at radius 1 is 1.06 bits per heavy atom. The van der Waals surface area contributed by atoms with Crippen molar-refractivity contribution in [2.24, 2.45) is 0 Å². The Kier molecular flexibility index (Phi) is 5.53. The van der Waals surface area contributed by atoms with Crippen LogP contribution in [-0.4, -0.2) is 41.6 Å². The van der Waals surface area contributed by atoms with Crippen LogP contribution in [0.15, 0.2) is 54.6 Å².